The first-order chi connectivity index (χ1) is 15.4. The number of aryl methyl sites for hydroxylation is 1. The number of amides is 1. The fourth-order valence-corrected chi connectivity index (χ4v) is 5.23. The Balaban J connectivity index is 1.52. The Morgan fingerprint density at radius 1 is 1.50 bits per heavy atom. The SMILES string of the molecule is CCOc1cc(/C=N/NC(=O)[C@@H](C)n2cnc3sc4c(c3c2=O)CC[C@@H](C)C4)ccc1O. The van der Waals surface area contributed by atoms with Crippen molar-refractivity contribution < 1.29 is 14.6 Å². The zero-order chi connectivity index (χ0) is 22.8. The normalized spacial score (nSPS) is 16.8. The molecule has 4 rings (SSSR count). The minimum absolute atomic E-state index is 0.0361. The summed E-state index contributed by atoms with van der Waals surface area (Å²) >= 11 is 1.59. The number of rotatable bonds is 6. The van der Waals surface area contributed by atoms with Gasteiger partial charge in [-0.25, -0.2) is 10.4 Å². The number of nitrogens with one attached hydrogen (secondary N) is 1. The monoisotopic (exact) mass is 454 g/mol. The topological polar surface area (TPSA) is 106 Å². The van der Waals surface area contributed by atoms with Crippen LogP contribution in [0.5, 0.6) is 11.5 Å². The summed E-state index contributed by atoms with van der Waals surface area (Å²) < 4.78 is 6.71. The number of hydrogen-bond acceptors (Lipinski definition) is 7. The van der Waals surface area contributed by atoms with Crippen LogP contribution in [0.25, 0.3) is 10.2 Å². The van der Waals surface area contributed by atoms with Crippen LogP contribution in [0.15, 0.2) is 34.4 Å². The molecule has 1 aliphatic carbocycles. The molecule has 2 aromatic heterocycles. The summed E-state index contributed by atoms with van der Waals surface area (Å²) in [6.45, 7) is 6.11. The van der Waals surface area contributed by atoms with E-state index in [1.807, 2.05) is 6.92 Å². The van der Waals surface area contributed by atoms with Crippen molar-refractivity contribution in [3.63, 3.8) is 0 Å². The lowest BCUT2D eigenvalue weighted by molar-refractivity contribution is -0.123. The minimum Gasteiger partial charge on any atom is -0.504 e. The van der Waals surface area contributed by atoms with Gasteiger partial charge in [-0.1, -0.05) is 6.92 Å². The van der Waals surface area contributed by atoms with Crippen molar-refractivity contribution in [2.45, 2.75) is 46.1 Å². The number of thiophene rings is 1. The molecule has 0 fully saturated rings. The largest absolute Gasteiger partial charge is 0.504 e. The molecule has 9 heteroatoms. The molecule has 3 aromatic rings. The fourth-order valence-electron chi connectivity index (χ4n) is 3.89. The van der Waals surface area contributed by atoms with Crippen LogP contribution in [0, 0.1) is 5.92 Å². The van der Waals surface area contributed by atoms with E-state index in [2.05, 4.69) is 22.4 Å². The summed E-state index contributed by atoms with van der Waals surface area (Å²) in [5, 5.41) is 14.4. The molecule has 2 atom stereocenters. The van der Waals surface area contributed by atoms with E-state index in [1.165, 1.54) is 28.1 Å². The van der Waals surface area contributed by atoms with Crippen molar-refractivity contribution >= 4 is 33.7 Å². The Bertz CT molecular complexity index is 1250. The summed E-state index contributed by atoms with van der Waals surface area (Å²) in [5.41, 5.74) is 4.04. The summed E-state index contributed by atoms with van der Waals surface area (Å²) in [7, 11) is 0. The van der Waals surface area contributed by atoms with Crippen LogP contribution >= 0.6 is 11.3 Å². The molecule has 0 bridgehead atoms. The van der Waals surface area contributed by atoms with E-state index in [0.717, 1.165) is 29.7 Å². The molecule has 1 amide bonds. The Morgan fingerprint density at radius 2 is 2.31 bits per heavy atom. The second-order valence-corrected chi connectivity index (χ2v) is 9.14. The molecular weight excluding hydrogens is 428 g/mol. The number of aromatic nitrogens is 2. The highest BCUT2D eigenvalue weighted by molar-refractivity contribution is 7.18. The van der Waals surface area contributed by atoms with Crippen molar-refractivity contribution in [3.05, 3.63) is 50.9 Å². The molecule has 168 valence electrons. The number of carbonyl (C=O) groups is 1. The molecule has 8 nitrogen and oxygen atoms in total. The van der Waals surface area contributed by atoms with Crippen LogP contribution in [0.3, 0.4) is 0 Å². The highest BCUT2D eigenvalue weighted by atomic mass is 32.1. The van der Waals surface area contributed by atoms with Crippen molar-refractivity contribution in [2.24, 2.45) is 11.0 Å². The summed E-state index contributed by atoms with van der Waals surface area (Å²) in [6, 6.07) is 4.01. The predicted molar refractivity (Wildman–Crippen MR) is 125 cm³/mol. The first-order valence-electron chi connectivity index (χ1n) is 10.7. The standard InChI is InChI=1S/C23H26N4O4S/c1-4-31-18-10-15(6-8-17(18)28)11-25-26-21(29)14(3)27-12-24-22-20(23(27)30)16-7-5-13(2)9-19(16)32-22/h6,8,10-14,28H,4-5,7,9H2,1-3H3,(H,26,29)/b25-11+/t13-,14-/m1/s1. The van der Waals surface area contributed by atoms with E-state index in [1.54, 1.807) is 30.4 Å². The highest BCUT2D eigenvalue weighted by Crippen LogP contribution is 2.35. The first-order valence-corrected chi connectivity index (χ1v) is 11.5. The number of phenols is 1. The molecule has 1 aromatic carbocycles. The van der Waals surface area contributed by atoms with E-state index in [4.69, 9.17) is 4.74 Å². The van der Waals surface area contributed by atoms with E-state index < -0.39 is 11.9 Å². The molecule has 1 aliphatic rings. The summed E-state index contributed by atoms with van der Waals surface area (Å²) in [4.78, 5) is 32.3. The highest BCUT2D eigenvalue weighted by Gasteiger charge is 2.25. The number of benzene rings is 1. The van der Waals surface area contributed by atoms with Gasteiger partial charge in [-0.15, -0.1) is 11.3 Å². The molecule has 0 spiro atoms. The van der Waals surface area contributed by atoms with Crippen LogP contribution in [-0.2, 0) is 17.6 Å². The number of carbonyl (C=O) groups excluding carboxylic acids is 1. The van der Waals surface area contributed by atoms with E-state index in [-0.39, 0.29) is 11.3 Å². The second kappa shape index (κ2) is 9.12. The fraction of sp³-hybridized carbons (Fsp3) is 0.391. The van der Waals surface area contributed by atoms with Crippen molar-refractivity contribution in [1.82, 2.24) is 15.0 Å². The van der Waals surface area contributed by atoms with E-state index in [9.17, 15) is 14.7 Å². The number of nitrogens with zero attached hydrogens (tertiary/aromatic N) is 3. The lowest BCUT2D eigenvalue weighted by Gasteiger charge is -2.18. The van der Waals surface area contributed by atoms with Gasteiger partial charge in [0.05, 0.1) is 24.5 Å². The molecule has 2 N–H and O–H groups in total. The van der Waals surface area contributed by atoms with Gasteiger partial charge in [-0.3, -0.25) is 14.2 Å². The van der Waals surface area contributed by atoms with Crippen LogP contribution < -0.4 is 15.7 Å². The molecule has 0 radical (unpaired) electrons. The Kier molecular flexibility index (Phi) is 6.27. The van der Waals surface area contributed by atoms with Gasteiger partial charge in [0, 0.05) is 4.88 Å². The van der Waals surface area contributed by atoms with Gasteiger partial charge in [0.15, 0.2) is 11.5 Å². The maximum atomic E-state index is 13.2. The third-order valence-electron chi connectivity index (χ3n) is 5.71. The quantitative estimate of drug-likeness (QED) is 0.439. The number of hydrazone groups is 1. The van der Waals surface area contributed by atoms with Crippen molar-refractivity contribution in [1.29, 1.82) is 0 Å². The average Bonchev–Trinajstić information content (AvgIpc) is 3.14. The maximum absolute atomic E-state index is 13.2. The zero-order valence-electron chi connectivity index (χ0n) is 18.3. The van der Waals surface area contributed by atoms with E-state index in [0.29, 0.717) is 29.2 Å². The van der Waals surface area contributed by atoms with E-state index >= 15 is 0 Å². The molecule has 0 saturated carbocycles. The Hall–Kier alpha value is -3.20. The molecular formula is C23H26N4O4S. The Morgan fingerprint density at radius 3 is 3.09 bits per heavy atom. The number of aromatic hydroxyl groups is 1. The molecule has 0 aliphatic heterocycles. The number of hydrogen-bond donors (Lipinski definition) is 2. The van der Waals surface area contributed by atoms with Crippen LogP contribution in [0.4, 0.5) is 0 Å². The smallest absolute Gasteiger partial charge is 0.263 e. The number of ether oxygens (including phenoxy) is 1. The number of fused-ring (bicyclic) bond motifs is 3. The third-order valence-corrected chi connectivity index (χ3v) is 6.87. The van der Waals surface area contributed by atoms with Gasteiger partial charge in [-0.2, -0.15) is 5.10 Å². The lowest BCUT2D eigenvalue weighted by Crippen LogP contribution is -2.34. The Labute approximate surface area is 189 Å². The molecule has 0 saturated heterocycles. The molecule has 2 heterocycles. The number of phenolic OH excluding ortho intramolecular Hbond substituents is 1. The third kappa shape index (κ3) is 4.25. The summed E-state index contributed by atoms with van der Waals surface area (Å²) in [6.07, 6.45) is 5.80. The lowest BCUT2D eigenvalue weighted by atomic mass is 9.89. The second-order valence-electron chi connectivity index (χ2n) is 8.06. The van der Waals surface area contributed by atoms with Gasteiger partial charge in [0.1, 0.15) is 10.9 Å². The van der Waals surface area contributed by atoms with Gasteiger partial charge in [0.2, 0.25) is 0 Å². The maximum Gasteiger partial charge on any atom is 0.263 e. The van der Waals surface area contributed by atoms with Gasteiger partial charge >= 0.3 is 0 Å². The van der Waals surface area contributed by atoms with Gasteiger partial charge < -0.3 is 9.84 Å². The van der Waals surface area contributed by atoms with Crippen molar-refractivity contribution in [3.8, 4) is 11.5 Å². The summed E-state index contributed by atoms with van der Waals surface area (Å²) in [5.74, 6) is 0.564. The van der Waals surface area contributed by atoms with Crippen LogP contribution in [0.1, 0.15) is 49.2 Å². The molecule has 0 unspecified atom stereocenters. The average molecular weight is 455 g/mol. The van der Waals surface area contributed by atoms with Gasteiger partial charge in [0.25, 0.3) is 11.5 Å². The predicted octanol–water partition coefficient (Wildman–Crippen LogP) is 3.40. The zero-order valence-corrected chi connectivity index (χ0v) is 19.1. The minimum atomic E-state index is -0.770. The van der Waals surface area contributed by atoms with Crippen molar-refractivity contribution in [2.75, 3.05) is 6.61 Å². The first kappa shape index (κ1) is 22.0. The van der Waals surface area contributed by atoms with Gasteiger partial charge in [-0.05, 0) is 68.4 Å². The van der Waals surface area contributed by atoms with Crippen LogP contribution in [-0.4, -0.2) is 33.4 Å². The van der Waals surface area contributed by atoms with Crippen LogP contribution in [0.2, 0.25) is 0 Å². The molecule has 32 heavy (non-hydrogen) atoms.